The summed E-state index contributed by atoms with van der Waals surface area (Å²) < 4.78 is 5.20. The number of aromatic nitrogens is 1. The molecule has 0 saturated heterocycles. The second-order valence-electron chi connectivity index (χ2n) is 2.49. The van der Waals surface area contributed by atoms with Gasteiger partial charge in [-0.1, -0.05) is 12.1 Å². The van der Waals surface area contributed by atoms with E-state index in [0.717, 1.165) is 0 Å². The maximum atomic E-state index is 9.47. The van der Waals surface area contributed by atoms with Crippen molar-refractivity contribution in [2.75, 3.05) is 0 Å². The fraction of sp³-hybridized carbons (Fsp3) is 0. The van der Waals surface area contributed by atoms with E-state index in [4.69, 9.17) is 4.42 Å². The van der Waals surface area contributed by atoms with Gasteiger partial charge in [0.05, 0.1) is 11.8 Å². The van der Waals surface area contributed by atoms with Crippen LogP contribution in [0.5, 0.6) is 5.75 Å². The summed E-state index contributed by atoms with van der Waals surface area (Å²) in [4.78, 5) is 4.28. The highest BCUT2D eigenvalue weighted by Crippen LogP contribution is 2.29. The molecule has 3 nitrogen and oxygen atoms in total. The SMILES string of the molecule is Oc1ccccc1-c1cnc(Br)o1. The Kier molecular flexibility index (Phi) is 2.06. The Labute approximate surface area is 83.2 Å². The maximum absolute atomic E-state index is 9.47. The fourth-order valence-electron chi connectivity index (χ4n) is 1.06. The van der Waals surface area contributed by atoms with Gasteiger partial charge in [-0.2, -0.15) is 0 Å². The topological polar surface area (TPSA) is 46.3 Å². The van der Waals surface area contributed by atoms with Gasteiger partial charge in [0.2, 0.25) is 0 Å². The highest BCUT2D eigenvalue weighted by Gasteiger charge is 2.07. The molecule has 0 bridgehead atoms. The molecule has 1 aromatic carbocycles. The first kappa shape index (κ1) is 8.31. The highest BCUT2D eigenvalue weighted by atomic mass is 79.9. The van der Waals surface area contributed by atoms with Gasteiger partial charge >= 0.3 is 0 Å². The number of nitrogens with zero attached hydrogens (tertiary/aromatic N) is 1. The number of hydrogen-bond donors (Lipinski definition) is 1. The van der Waals surface area contributed by atoms with Crippen molar-refractivity contribution >= 4 is 15.9 Å². The summed E-state index contributed by atoms with van der Waals surface area (Å²) in [6, 6.07) is 6.95. The first-order chi connectivity index (χ1) is 6.27. The smallest absolute Gasteiger partial charge is 0.264 e. The van der Waals surface area contributed by atoms with Gasteiger partial charge < -0.3 is 9.52 Å². The third-order valence-corrected chi connectivity index (χ3v) is 2.01. The minimum atomic E-state index is 0.186. The second kappa shape index (κ2) is 3.22. The van der Waals surface area contributed by atoms with Crippen molar-refractivity contribution in [1.82, 2.24) is 4.98 Å². The predicted octanol–water partition coefficient (Wildman–Crippen LogP) is 2.81. The van der Waals surface area contributed by atoms with Crippen molar-refractivity contribution < 1.29 is 9.52 Å². The summed E-state index contributed by atoms with van der Waals surface area (Å²) in [6.45, 7) is 0. The van der Waals surface area contributed by atoms with Crippen LogP contribution in [0.25, 0.3) is 11.3 Å². The first-order valence-corrected chi connectivity index (χ1v) is 4.46. The molecular formula is C9H6BrNO2. The Morgan fingerprint density at radius 2 is 2.08 bits per heavy atom. The van der Waals surface area contributed by atoms with Gasteiger partial charge in [0.1, 0.15) is 5.75 Å². The van der Waals surface area contributed by atoms with Crippen LogP contribution in [0.15, 0.2) is 39.7 Å². The summed E-state index contributed by atoms with van der Waals surface area (Å²) in [5.74, 6) is 0.733. The lowest BCUT2D eigenvalue weighted by Crippen LogP contribution is -1.73. The molecule has 0 aliphatic carbocycles. The van der Waals surface area contributed by atoms with Crippen LogP contribution in [0.2, 0.25) is 0 Å². The number of rotatable bonds is 1. The minimum absolute atomic E-state index is 0.186. The molecule has 2 rings (SSSR count). The molecule has 2 aromatic rings. The number of aromatic hydroxyl groups is 1. The number of hydrogen-bond acceptors (Lipinski definition) is 3. The van der Waals surface area contributed by atoms with E-state index < -0.39 is 0 Å². The number of para-hydroxylation sites is 1. The minimum Gasteiger partial charge on any atom is -0.507 e. The van der Waals surface area contributed by atoms with Crippen LogP contribution in [-0.4, -0.2) is 10.1 Å². The lowest BCUT2D eigenvalue weighted by atomic mass is 10.2. The van der Waals surface area contributed by atoms with E-state index in [-0.39, 0.29) is 5.75 Å². The zero-order chi connectivity index (χ0) is 9.26. The number of oxazole rings is 1. The summed E-state index contributed by atoms with van der Waals surface area (Å²) in [5.41, 5.74) is 0.640. The standard InChI is InChI=1S/C9H6BrNO2/c10-9-11-5-8(13-9)6-3-1-2-4-7(6)12/h1-5,12H. The van der Waals surface area contributed by atoms with Gasteiger partial charge in [-0.3, -0.25) is 0 Å². The summed E-state index contributed by atoms with van der Waals surface area (Å²) in [5, 5.41) is 9.47. The molecule has 0 unspecified atom stereocenters. The van der Waals surface area contributed by atoms with E-state index in [1.807, 2.05) is 6.07 Å². The third kappa shape index (κ3) is 1.58. The Morgan fingerprint density at radius 3 is 2.69 bits per heavy atom. The second-order valence-corrected chi connectivity index (χ2v) is 3.17. The van der Waals surface area contributed by atoms with E-state index in [9.17, 15) is 5.11 Å². The number of halogens is 1. The molecular weight excluding hydrogens is 234 g/mol. The Balaban J connectivity index is 2.52. The largest absolute Gasteiger partial charge is 0.507 e. The van der Waals surface area contributed by atoms with Gasteiger partial charge in [-0.05, 0) is 12.1 Å². The molecule has 1 N–H and O–H groups in total. The fourth-order valence-corrected chi connectivity index (χ4v) is 1.34. The summed E-state index contributed by atoms with van der Waals surface area (Å²) >= 11 is 3.09. The molecule has 1 aromatic heterocycles. The lowest BCUT2D eigenvalue weighted by Gasteiger charge is -1.97. The first-order valence-electron chi connectivity index (χ1n) is 3.67. The van der Waals surface area contributed by atoms with E-state index >= 15 is 0 Å². The van der Waals surface area contributed by atoms with Crippen LogP contribution in [0.3, 0.4) is 0 Å². The molecule has 0 spiro atoms. The van der Waals surface area contributed by atoms with Crippen molar-refractivity contribution in [3.63, 3.8) is 0 Å². The van der Waals surface area contributed by atoms with Crippen molar-refractivity contribution in [3.05, 3.63) is 35.3 Å². The number of phenolic OH excluding ortho intramolecular Hbond substituents is 1. The van der Waals surface area contributed by atoms with Crippen LogP contribution in [0, 0.1) is 0 Å². The monoisotopic (exact) mass is 239 g/mol. The van der Waals surface area contributed by atoms with Crippen LogP contribution < -0.4 is 0 Å². The lowest BCUT2D eigenvalue weighted by molar-refractivity contribution is 0.472. The average Bonchev–Trinajstić information content (AvgIpc) is 2.53. The van der Waals surface area contributed by atoms with Gasteiger partial charge in [0.15, 0.2) is 5.76 Å². The van der Waals surface area contributed by atoms with Crippen LogP contribution in [0.1, 0.15) is 0 Å². The number of phenols is 1. The Bertz CT molecular complexity index is 425. The molecule has 0 fully saturated rings. The predicted molar refractivity (Wildman–Crippen MR) is 51.3 cm³/mol. The number of benzene rings is 1. The zero-order valence-corrected chi connectivity index (χ0v) is 8.15. The van der Waals surface area contributed by atoms with Crippen LogP contribution in [0.4, 0.5) is 0 Å². The normalized spacial score (nSPS) is 10.2. The zero-order valence-electron chi connectivity index (χ0n) is 6.57. The van der Waals surface area contributed by atoms with E-state index in [0.29, 0.717) is 16.1 Å². The highest BCUT2D eigenvalue weighted by molar-refractivity contribution is 9.10. The van der Waals surface area contributed by atoms with Crippen molar-refractivity contribution in [1.29, 1.82) is 0 Å². The van der Waals surface area contributed by atoms with Crippen molar-refractivity contribution in [2.24, 2.45) is 0 Å². The molecule has 0 amide bonds. The summed E-state index contributed by atoms with van der Waals surface area (Å²) in [6.07, 6.45) is 1.55. The molecule has 1 heterocycles. The van der Waals surface area contributed by atoms with E-state index in [2.05, 4.69) is 20.9 Å². The molecule has 0 atom stereocenters. The summed E-state index contributed by atoms with van der Waals surface area (Å²) in [7, 11) is 0. The molecule has 0 aliphatic rings. The van der Waals surface area contributed by atoms with Gasteiger partial charge in [-0.15, -0.1) is 0 Å². The van der Waals surface area contributed by atoms with Crippen molar-refractivity contribution in [3.8, 4) is 17.1 Å². The Hall–Kier alpha value is -1.29. The average molecular weight is 240 g/mol. The maximum Gasteiger partial charge on any atom is 0.264 e. The molecule has 66 valence electrons. The molecule has 0 saturated carbocycles. The molecule has 0 aliphatic heterocycles. The van der Waals surface area contributed by atoms with E-state index in [1.54, 1.807) is 24.4 Å². The molecule has 13 heavy (non-hydrogen) atoms. The van der Waals surface area contributed by atoms with Crippen LogP contribution >= 0.6 is 15.9 Å². The van der Waals surface area contributed by atoms with Gasteiger partial charge in [0, 0.05) is 15.9 Å². The van der Waals surface area contributed by atoms with Gasteiger partial charge in [0.25, 0.3) is 4.80 Å². The third-order valence-electron chi connectivity index (χ3n) is 1.65. The van der Waals surface area contributed by atoms with E-state index in [1.165, 1.54) is 0 Å². The van der Waals surface area contributed by atoms with Gasteiger partial charge in [-0.25, -0.2) is 4.98 Å². The quantitative estimate of drug-likeness (QED) is 0.833. The Morgan fingerprint density at radius 1 is 1.31 bits per heavy atom. The van der Waals surface area contributed by atoms with Crippen LogP contribution in [-0.2, 0) is 0 Å². The molecule has 0 radical (unpaired) electrons. The molecule has 4 heteroatoms. The van der Waals surface area contributed by atoms with Crippen molar-refractivity contribution in [2.45, 2.75) is 0 Å².